The van der Waals surface area contributed by atoms with Gasteiger partial charge in [0.1, 0.15) is 18.3 Å². The third-order valence-corrected chi connectivity index (χ3v) is 3.88. The molecule has 0 spiro atoms. The van der Waals surface area contributed by atoms with Gasteiger partial charge in [-0.1, -0.05) is 0 Å². The quantitative estimate of drug-likeness (QED) is 0.577. The van der Waals surface area contributed by atoms with E-state index in [2.05, 4.69) is 5.32 Å². The highest BCUT2D eigenvalue weighted by atomic mass is 16.6. The minimum atomic E-state index is -1.22. The lowest BCUT2D eigenvalue weighted by molar-refractivity contribution is -0.0153. The summed E-state index contributed by atoms with van der Waals surface area (Å²) in [4.78, 5) is 11.9. The van der Waals surface area contributed by atoms with Crippen LogP contribution < -0.4 is 5.32 Å². The summed E-state index contributed by atoms with van der Waals surface area (Å²) in [6.45, 7) is 3.35. The molecular weight excluding hydrogens is 290 g/mol. The number of aryl methyl sites for hydroxylation is 2. The molecule has 0 saturated carbocycles. The van der Waals surface area contributed by atoms with Gasteiger partial charge >= 0.3 is 5.97 Å². The molecule has 1 aliphatic heterocycles. The van der Waals surface area contributed by atoms with Crippen molar-refractivity contribution in [1.82, 2.24) is 0 Å². The highest BCUT2D eigenvalue weighted by Crippen LogP contribution is 2.27. The summed E-state index contributed by atoms with van der Waals surface area (Å²) < 4.78 is 10.1. The molecule has 1 saturated heterocycles. The SMILES string of the molecule is COC(=O)c1cc(C)c(C)cc1N[C@H]1O[C@@H](CO)[C@@H](O)[C@@H]1O. The van der Waals surface area contributed by atoms with E-state index in [0.717, 1.165) is 11.1 Å². The molecule has 0 radical (unpaired) electrons. The molecule has 1 aliphatic rings. The lowest BCUT2D eigenvalue weighted by Crippen LogP contribution is -2.36. The molecule has 0 bridgehead atoms. The van der Waals surface area contributed by atoms with Gasteiger partial charge in [-0.25, -0.2) is 4.79 Å². The zero-order valence-electron chi connectivity index (χ0n) is 12.7. The van der Waals surface area contributed by atoms with Crippen LogP contribution in [-0.4, -0.2) is 59.5 Å². The molecule has 7 heteroatoms. The van der Waals surface area contributed by atoms with Crippen LogP contribution in [0.15, 0.2) is 12.1 Å². The molecule has 22 heavy (non-hydrogen) atoms. The maximum absolute atomic E-state index is 11.9. The summed E-state index contributed by atoms with van der Waals surface area (Å²) in [5, 5.41) is 31.7. The van der Waals surface area contributed by atoms with E-state index in [1.165, 1.54) is 7.11 Å². The smallest absolute Gasteiger partial charge is 0.339 e. The Balaban J connectivity index is 2.29. The fourth-order valence-electron chi connectivity index (χ4n) is 2.39. The number of aliphatic hydroxyl groups excluding tert-OH is 3. The average molecular weight is 311 g/mol. The van der Waals surface area contributed by atoms with E-state index < -0.39 is 37.1 Å². The summed E-state index contributed by atoms with van der Waals surface area (Å²) in [6, 6.07) is 3.43. The maximum Gasteiger partial charge on any atom is 0.339 e. The number of carbonyl (C=O) groups is 1. The van der Waals surface area contributed by atoms with Gasteiger partial charge in [0, 0.05) is 0 Å². The van der Waals surface area contributed by atoms with Gasteiger partial charge in [-0.2, -0.15) is 0 Å². The molecule has 0 amide bonds. The number of rotatable bonds is 4. The normalized spacial score (nSPS) is 27.7. The Bertz CT molecular complexity index is 561. The van der Waals surface area contributed by atoms with E-state index in [-0.39, 0.29) is 0 Å². The Morgan fingerprint density at radius 2 is 1.91 bits per heavy atom. The van der Waals surface area contributed by atoms with E-state index in [9.17, 15) is 15.0 Å². The second-order valence-corrected chi connectivity index (χ2v) is 5.38. The number of anilines is 1. The Labute approximate surface area is 128 Å². The van der Waals surface area contributed by atoms with Crippen molar-refractivity contribution >= 4 is 11.7 Å². The van der Waals surface area contributed by atoms with Crippen molar-refractivity contribution in [1.29, 1.82) is 0 Å². The van der Waals surface area contributed by atoms with Gasteiger partial charge in [0.15, 0.2) is 6.23 Å². The topological polar surface area (TPSA) is 108 Å². The van der Waals surface area contributed by atoms with Gasteiger partial charge in [0.05, 0.1) is 25.0 Å². The van der Waals surface area contributed by atoms with Crippen LogP contribution in [0, 0.1) is 13.8 Å². The zero-order chi connectivity index (χ0) is 16.4. The minimum absolute atomic E-state index is 0.309. The molecule has 7 nitrogen and oxygen atoms in total. The third kappa shape index (κ3) is 3.07. The van der Waals surface area contributed by atoms with Crippen LogP contribution in [0.5, 0.6) is 0 Å². The molecule has 0 aromatic heterocycles. The first-order valence-electron chi connectivity index (χ1n) is 6.97. The maximum atomic E-state index is 11.9. The van der Waals surface area contributed by atoms with Crippen LogP contribution in [-0.2, 0) is 9.47 Å². The Morgan fingerprint density at radius 3 is 2.45 bits per heavy atom. The number of nitrogens with one attached hydrogen (secondary N) is 1. The summed E-state index contributed by atoms with van der Waals surface area (Å²) in [7, 11) is 1.29. The molecule has 4 N–H and O–H groups in total. The number of hydrogen-bond donors (Lipinski definition) is 4. The summed E-state index contributed by atoms with van der Waals surface area (Å²) in [5.41, 5.74) is 2.61. The van der Waals surface area contributed by atoms with Crippen LogP contribution in [0.3, 0.4) is 0 Å². The number of carbonyl (C=O) groups excluding carboxylic acids is 1. The van der Waals surface area contributed by atoms with Gasteiger partial charge in [0.25, 0.3) is 0 Å². The highest BCUT2D eigenvalue weighted by Gasteiger charge is 2.42. The van der Waals surface area contributed by atoms with Crippen molar-refractivity contribution < 1.29 is 29.6 Å². The van der Waals surface area contributed by atoms with Crippen molar-refractivity contribution in [2.45, 2.75) is 38.4 Å². The van der Waals surface area contributed by atoms with Gasteiger partial charge in [-0.15, -0.1) is 0 Å². The summed E-state index contributed by atoms with van der Waals surface area (Å²) >= 11 is 0. The standard InChI is InChI=1S/C15H21NO6/c1-7-4-9(15(20)21-3)10(5-8(7)2)16-14-13(19)12(18)11(6-17)22-14/h4-5,11-14,16-19H,6H2,1-3H3/t11-,12+,13-,14-/m0/s1. The first-order valence-corrected chi connectivity index (χ1v) is 6.97. The lowest BCUT2D eigenvalue weighted by Gasteiger charge is -2.20. The van der Waals surface area contributed by atoms with Crippen LogP contribution in [0.4, 0.5) is 5.69 Å². The van der Waals surface area contributed by atoms with Gasteiger partial charge in [-0.3, -0.25) is 0 Å². The fourth-order valence-corrected chi connectivity index (χ4v) is 2.39. The van der Waals surface area contributed by atoms with Crippen molar-refractivity contribution in [3.05, 3.63) is 28.8 Å². The fraction of sp³-hybridized carbons (Fsp3) is 0.533. The van der Waals surface area contributed by atoms with Gasteiger partial charge < -0.3 is 30.1 Å². The largest absolute Gasteiger partial charge is 0.465 e. The van der Waals surface area contributed by atoms with Crippen molar-refractivity contribution in [3.63, 3.8) is 0 Å². The number of hydrogen-bond acceptors (Lipinski definition) is 7. The second kappa shape index (κ2) is 6.62. The van der Waals surface area contributed by atoms with Crippen molar-refractivity contribution in [2.75, 3.05) is 19.0 Å². The first-order chi connectivity index (χ1) is 10.4. The molecule has 0 aliphatic carbocycles. The van der Waals surface area contributed by atoms with Crippen LogP contribution in [0.25, 0.3) is 0 Å². The van der Waals surface area contributed by atoms with E-state index >= 15 is 0 Å². The molecule has 4 atom stereocenters. The molecule has 1 heterocycles. The number of esters is 1. The predicted molar refractivity (Wildman–Crippen MR) is 78.6 cm³/mol. The minimum Gasteiger partial charge on any atom is -0.465 e. The van der Waals surface area contributed by atoms with Crippen LogP contribution >= 0.6 is 0 Å². The number of benzene rings is 1. The molecular formula is C15H21NO6. The van der Waals surface area contributed by atoms with E-state index in [0.29, 0.717) is 11.3 Å². The second-order valence-electron chi connectivity index (χ2n) is 5.38. The monoisotopic (exact) mass is 311 g/mol. The number of methoxy groups -OCH3 is 1. The van der Waals surface area contributed by atoms with Crippen LogP contribution in [0.2, 0.25) is 0 Å². The number of ether oxygens (including phenoxy) is 2. The van der Waals surface area contributed by atoms with E-state index in [1.807, 2.05) is 13.8 Å². The molecule has 0 unspecified atom stereocenters. The summed E-state index contributed by atoms with van der Waals surface area (Å²) in [6.07, 6.45) is -4.22. The van der Waals surface area contributed by atoms with Gasteiger partial charge in [0.2, 0.25) is 0 Å². The summed E-state index contributed by atoms with van der Waals surface area (Å²) in [5.74, 6) is -0.516. The van der Waals surface area contributed by atoms with Crippen molar-refractivity contribution in [3.8, 4) is 0 Å². The molecule has 2 rings (SSSR count). The van der Waals surface area contributed by atoms with E-state index in [1.54, 1.807) is 12.1 Å². The Kier molecular flexibility index (Phi) is 5.02. The Morgan fingerprint density at radius 1 is 1.27 bits per heavy atom. The van der Waals surface area contributed by atoms with E-state index in [4.69, 9.17) is 14.6 Å². The predicted octanol–water partition coefficient (Wildman–Crippen LogP) is -0.0591. The Hall–Kier alpha value is -1.67. The first kappa shape index (κ1) is 16.7. The highest BCUT2D eigenvalue weighted by molar-refractivity contribution is 5.96. The lowest BCUT2D eigenvalue weighted by atomic mass is 10.0. The van der Waals surface area contributed by atoms with Crippen LogP contribution in [0.1, 0.15) is 21.5 Å². The average Bonchev–Trinajstić information content (AvgIpc) is 2.77. The molecule has 122 valence electrons. The number of aliphatic hydroxyl groups is 3. The molecule has 1 aromatic carbocycles. The third-order valence-electron chi connectivity index (χ3n) is 3.88. The molecule has 1 fully saturated rings. The molecule has 1 aromatic rings. The zero-order valence-corrected chi connectivity index (χ0v) is 12.7. The van der Waals surface area contributed by atoms with Crippen molar-refractivity contribution in [2.24, 2.45) is 0 Å². The van der Waals surface area contributed by atoms with Gasteiger partial charge in [-0.05, 0) is 37.1 Å².